The van der Waals surface area contributed by atoms with Gasteiger partial charge >= 0.3 is 0 Å². The van der Waals surface area contributed by atoms with Gasteiger partial charge in [0.05, 0.1) is 5.69 Å². The first kappa shape index (κ1) is 11.0. The van der Waals surface area contributed by atoms with E-state index in [0.717, 1.165) is 0 Å². The number of anilines is 1. The van der Waals surface area contributed by atoms with Gasteiger partial charge in [-0.15, -0.1) is 0 Å². The topological polar surface area (TPSA) is 87.7 Å². The quantitative estimate of drug-likeness (QED) is 0.300. The van der Waals surface area contributed by atoms with Crippen LogP contribution in [0.5, 0.6) is 0 Å². The van der Waals surface area contributed by atoms with Crippen LogP contribution in [0.4, 0.5) is 5.69 Å². The van der Waals surface area contributed by atoms with Gasteiger partial charge in [0.2, 0.25) is 5.91 Å². The van der Waals surface area contributed by atoms with E-state index in [1.54, 1.807) is 31.2 Å². The van der Waals surface area contributed by atoms with Crippen LogP contribution in [0.25, 0.3) is 0 Å². The van der Waals surface area contributed by atoms with Gasteiger partial charge in [0, 0.05) is 12.0 Å². The molecule has 0 atom stereocenters. The Bertz CT molecular complexity index is 388. The SMILES string of the molecule is CCC(=O)Nc1ccccc1/C(N)=N/O. The molecule has 0 aliphatic carbocycles. The van der Waals surface area contributed by atoms with E-state index >= 15 is 0 Å². The molecule has 0 spiro atoms. The van der Waals surface area contributed by atoms with E-state index in [1.165, 1.54) is 0 Å². The van der Waals surface area contributed by atoms with Crippen LogP contribution >= 0.6 is 0 Å². The maximum atomic E-state index is 11.2. The zero-order valence-corrected chi connectivity index (χ0v) is 8.40. The van der Waals surface area contributed by atoms with Crippen molar-refractivity contribution in [2.75, 3.05) is 5.32 Å². The molecular formula is C10H13N3O2. The van der Waals surface area contributed by atoms with E-state index in [2.05, 4.69) is 10.5 Å². The fourth-order valence-electron chi connectivity index (χ4n) is 1.11. The first-order chi connectivity index (χ1) is 7.19. The Morgan fingerprint density at radius 1 is 1.53 bits per heavy atom. The molecule has 0 saturated carbocycles. The summed E-state index contributed by atoms with van der Waals surface area (Å²) in [5.74, 6) is -0.143. The average molecular weight is 207 g/mol. The number of nitrogens with zero attached hydrogens (tertiary/aromatic N) is 1. The molecule has 0 saturated heterocycles. The molecule has 1 amide bonds. The minimum atomic E-state index is -0.117. The van der Waals surface area contributed by atoms with Crippen molar-refractivity contribution in [3.8, 4) is 0 Å². The summed E-state index contributed by atoms with van der Waals surface area (Å²) in [4.78, 5) is 11.2. The van der Waals surface area contributed by atoms with E-state index in [0.29, 0.717) is 17.7 Å². The van der Waals surface area contributed by atoms with E-state index in [4.69, 9.17) is 10.9 Å². The van der Waals surface area contributed by atoms with E-state index < -0.39 is 0 Å². The highest BCUT2D eigenvalue weighted by molar-refractivity contribution is 6.05. The molecule has 80 valence electrons. The molecule has 0 radical (unpaired) electrons. The van der Waals surface area contributed by atoms with Crippen LogP contribution in [-0.2, 0) is 4.79 Å². The van der Waals surface area contributed by atoms with Crippen LogP contribution in [0.15, 0.2) is 29.4 Å². The van der Waals surface area contributed by atoms with Crippen molar-refractivity contribution < 1.29 is 10.0 Å². The average Bonchev–Trinajstić information content (AvgIpc) is 2.28. The van der Waals surface area contributed by atoms with E-state index in [-0.39, 0.29) is 11.7 Å². The number of amidine groups is 1. The fourth-order valence-corrected chi connectivity index (χ4v) is 1.11. The predicted molar refractivity (Wildman–Crippen MR) is 57.9 cm³/mol. The zero-order valence-electron chi connectivity index (χ0n) is 8.40. The van der Waals surface area contributed by atoms with Crippen molar-refractivity contribution in [2.45, 2.75) is 13.3 Å². The molecule has 0 aromatic heterocycles. The third kappa shape index (κ3) is 2.70. The van der Waals surface area contributed by atoms with Gasteiger partial charge in [0.25, 0.3) is 0 Å². The largest absolute Gasteiger partial charge is 0.409 e. The molecule has 5 nitrogen and oxygen atoms in total. The van der Waals surface area contributed by atoms with Gasteiger partial charge < -0.3 is 16.3 Å². The first-order valence-corrected chi connectivity index (χ1v) is 4.55. The van der Waals surface area contributed by atoms with Crippen LogP contribution in [0.3, 0.4) is 0 Å². The van der Waals surface area contributed by atoms with Crippen molar-refractivity contribution in [2.24, 2.45) is 10.9 Å². The molecular weight excluding hydrogens is 194 g/mol. The molecule has 1 aromatic carbocycles. The molecule has 1 rings (SSSR count). The highest BCUT2D eigenvalue weighted by atomic mass is 16.4. The number of carbonyl (C=O) groups excluding carboxylic acids is 1. The number of rotatable bonds is 3. The maximum Gasteiger partial charge on any atom is 0.224 e. The molecule has 1 aromatic rings. The molecule has 0 heterocycles. The van der Waals surface area contributed by atoms with Gasteiger partial charge in [-0.2, -0.15) is 0 Å². The van der Waals surface area contributed by atoms with Gasteiger partial charge in [-0.1, -0.05) is 24.2 Å². The van der Waals surface area contributed by atoms with Crippen molar-refractivity contribution in [1.82, 2.24) is 0 Å². The molecule has 0 fully saturated rings. The first-order valence-electron chi connectivity index (χ1n) is 4.55. The second-order valence-electron chi connectivity index (χ2n) is 2.93. The summed E-state index contributed by atoms with van der Waals surface area (Å²) in [7, 11) is 0. The number of carbonyl (C=O) groups is 1. The zero-order chi connectivity index (χ0) is 11.3. The molecule has 0 aliphatic rings. The Morgan fingerprint density at radius 2 is 2.20 bits per heavy atom. The minimum Gasteiger partial charge on any atom is -0.409 e. The standard InChI is InChI=1S/C10H13N3O2/c1-2-9(14)12-8-6-4-3-5-7(8)10(11)13-15/h3-6,15H,2H2,1H3,(H2,11,13)(H,12,14). The van der Waals surface area contributed by atoms with Gasteiger partial charge in [0.1, 0.15) is 0 Å². The Labute approximate surface area is 87.6 Å². The Morgan fingerprint density at radius 3 is 2.80 bits per heavy atom. The highest BCUT2D eigenvalue weighted by Gasteiger charge is 2.07. The second-order valence-corrected chi connectivity index (χ2v) is 2.93. The maximum absolute atomic E-state index is 11.2. The number of benzene rings is 1. The number of para-hydroxylation sites is 1. The van der Waals surface area contributed by atoms with Crippen LogP contribution < -0.4 is 11.1 Å². The number of nitrogens with one attached hydrogen (secondary N) is 1. The Kier molecular flexibility index (Phi) is 3.68. The lowest BCUT2D eigenvalue weighted by atomic mass is 10.1. The van der Waals surface area contributed by atoms with Crippen molar-refractivity contribution in [3.63, 3.8) is 0 Å². The van der Waals surface area contributed by atoms with Crippen LogP contribution in [0.1, 0.15) is 18.9 Å². The lowest BCUT2D eigenvalue weighted by Crippen LogP contribution is -2.18. The molecule has 0 aliphatic heterocycles. The molecule has 5 heteroatoms. The monoisotopic (exact) mass is 207 g/mol. The predicted octanol–water partition coefficient (Wildman–Crippen LogP) is 1.13. The summed E-state index contributed by atoms with van der Waals surface area (Å²) in [5.41, 5.74) is 6.50. The third-order valence-electron chi connectivity index (χ3n) is 1.91. The normalized spacial score (nSPS) is 11.1. The van der Waals surface area contributed by atoms with Crippen LogP contribution in [0, 0.1) is 0 Å². The summed E-state index contributed by atoms with van der Waals surface area (Å²) in [6.45, 7) is 1.75. The number of hydrogen-bond donors (Lipinski definition) is 3. The molecule has 0 bridgehead atoms. The highest BCUT2D eigenvalue weighted by Crippen LogP contribution is 2.14. The van der Waals surface area contributed by atoms with Gasteiger partial charge in [-0.25, -0.2) is 0 Å². The number of oxime groups is 1. The van der Waals surface area contributed by atoms with E-state index in [1.807, 2.05) is 0 Å². The van der Waals surface area contributed by atoms with Gasteiger partial charge in [-0.3, -0.25) is 4.79 Å². The van der Waals surface area contributed by atoms with Gasteiger partial charge in [-0.05, 0) is 12.1 Å². The molecule has 0 unspecified atom stereocenters. The summed E-state index contributed by atoms with van der Waals surface area (Å²) in [6, 6.07) is 6.87. The van der Waals surface area contributed by atoms with Gasteiger partial charge in [0.15, 0.2) is 5.84 Å². The molecule has 4 N–H and O–H groups in total. The third-order valence-corrected chi connectivity index (χ3v) is 1.91. The molecule has 15 heavy (non-hydrogen) atoms. The fraction of sp³-hybridized carbons (Fsp3) is 0.200. The van der Waals surface area contributed by atoms with Crippen molar-refractivity contribution in [1.29, 1.82) is 0 Å². The smallest absolute Gasteiger partial charge is 0.224 e. The lowest BCUT2D eigenvalue weighted by molar-refractivity contribution is -0.115. The number of nitrogens with two attached hydrogens (primary N) is 1. The Balaban J connectivity index is 3.01. The second kappa shape index (κ2) is 4.99. The summed E-state index contributed by atoms with van der Waals surface area (Å²) >= 11 is 0. The van der Waals surface area contributed by atoms with Crippen molar-refractivity contribution >= 4 is 17.4 Å². The minimum absolute atomic E-state index is 0.0259. The summed E-state index contributed by atoms with van der Waals surface area (Å²) in [5, 5.41) is 14.1. The number of amides is 1. The van der Waals surface area contributed by atoms with Crippen LogP contribution in [0.2, 0.25) is 0 Å². The Hall–Kier alpha value is -2.04. The van der Waals surface area contributed by atoms with Crippen LogP contribution in [-0.4, -0.2) is 17.0 Å². The van der Waals surface area contributed by atoms with Crippen molar-refractivity contribution in [3.05, 3.63) is 29.8 Å². The summed E-state index contributed by atoms with van der Waals surface area (Å²) < 4.78 is 0. The lowest BCUT2D eigenvalue weighted by Gasteiger charge is -2.08. The van der Waals surface area contributed by atoms with E-state index in [9.17, 15) is 4.79 Å². The number of hydrogen-bond acceptors (Lipinski definition) is 3. The summed E-state index contributed by atoms with van der Waals surface area (Å²) in [6.07, 6.45) is 0.379.